The summed E-state index contributed by atoms with van der Waals surface area (Å²) in [4.78, 5) is 11.2. The molecule has 1 heterocycles. The average Bonchev–Trinajstić information content (AvgIpc) is 2.28. The fourth-order valence-electron chi connectivity index (χ4n) is 2.13. The second kappa shape index (κ2) is 6.17. The predicted molar refractivity (Wildman–Crippen MR) is 64.4 cm³/mol. The molecule has 0 spiro atoms. The molecule has 98 valence electrons. The van der Waals surface area contributed by atoms with Gasteiger partial charge in [0.25, 0.3) is 0 Å². The Kier molecular flexibility index (Phi) is 5.15. The van der Waals surface area contributed by atoms with Crippen LogP contribution in [0.1, 0.15) is 27.2 Å². The lowest BCUT2D eigenvalue weighted by Crippen LogP contribution is -2.36. The van der Waals surface area contributed by atoms with Gasteiger partial charge < -0.3 is 14.2 Å². The Bertz CT molecular complexity index is 267. The van der Waals surface area contributed by atoms with Crippen molar-refractivity contribution in [3.63, 3.8) is 0 Å². The molecule has 0 bridgehead atoms. The quantitative estimate of drug-likeness (QED) is 0.547. The predicted octanol–water partition coefficient (Wildman–Crippen LogP) is 2.14. The number of rotatable bonds is 5. The Morgan fingerprint density at radius 3 is 2.65 bits per heavy atom. The summed E-state index contributed by atoms with van der Waals surface area (Å²) in [5.74, 6) is 0.367. The average molecular weight is 242 g/mol. The third-order valence-corrected chi connectivity index (χ3v) is 2.99. The van der Waals surface area contributed by atoms with Gasteiger partial charge in [-0.1, -0.05) is 13.5 Å². The molecule has 0 aromatic carbocycles. The zero-order chi connectivity index (χ0) is 12.9. The number of carbonyl (C=O) groups is 1. The molecule has 0 aliphatic carbocycles. The molecule has 4 heteroatoms. The van der Waals surface area contributed by atoms with E-state index in [9.17, 15) is 4.79 Å². The summed E-state index contributed by atoms with van der Waals surface area (Å²) in [6, 6.07) is 0. The molecular weight excluding hydrogens is 220 g/mol. The van der Waals surface area contributed by atoms with Gasteiger partial charge in [-0.05, 0) is 26.2 Å². The molecule has 1 saturated heterocycles. The van der Waals surface area contributed by atoms with E-state index in [2.05, 4.69) is 13.5 Å². The number of hydrogen-bond acceptors (Lipinski definition) is 4. The highest BCUT2D eigenvalue weighted by Crippen LogP contribution is 2.27. The molecule has 1 fully saturated rings. The molecular formula is C13H22O4. The van der Waals surface area contributed by atoms with E-state index in [1.807, 2.05) is 13.8 Å². The lowest BCUT2D eigenvalue weighted by atomic mass is 9.85. The summed E-state index contributed by atoms with van der Waals surface area (Å²) in [5, 5.41) is 0. The van der Waals surface area contributed by atoms with Crippen molar-refractivity contribution >= 4 is 5.97 Å². The summed E-state index contributed by atoms with van der Waals surface area (Å²) in [5.41, 5.74) is -0.484. The molecule has 1 rings (SSSR count). The minimum absolute atomic E-state index is 0.366. The first-order valence-corrected chi connectivity index (χ1v) is 5.95. The van der Waals surface area contributed by atoms with E-state index in [1.165, 1.54) is 6.08 Å². The molecule has 17 heavy (non-hydrogen) atoms. The van der Waals surface area contributed by atoms with Crippen molar-refractivity contribution in [2.45, 2.75) is 32.8 Å². The van der Waals surface area contributed by atoms with E-state index < -0.39 is 5.60 Å². The van der Waals surface area contributed by atoms with Crippen LogP contribution in [-0.2, 0) is 19.0 Å². The molecule has 0 N–H and O–H groups in total. The third-order valence-electron chi connectivity index (χ3n) is 2.99. The summed E-state index contributed by atoms with van der Waals surface area (Å²) < 4.78 is 15.9. The van der Waals surface area contributed by atoms with Crippen molar-refractivity contribution in [3.8, 4) is 0 Å². The second-order valence-corrected chi connectivity index (χ2v) is 5.19. The molecule has 0 amide bonds. The standard InChI is InChI=1S/C13H22O4/c1-5-12(14)17-13(3,4)6-10(2)11-7-15-9-16-8-11/h5,10-11H,1,6-9H2,2-4H3. The summed E-state index contributed by atoms with van der Waals surface area (Å²) in [7, 11) is 0. The van der Waals surface area contributed by atoms with Gasteiger partial charge in [-0.15, -0.1) is 0 Å². The Morgan fingerprint density at radius 2 is 2.12 bits per heavy atom. The fraction of sp³-hybridized carbons (Fsp3) is 0.769. The van der Waals surface area contributed by atoms with Gasteiger partial charge >= 0.3 is 5.97 Å². The van der Waals surface area contributed by atoms with E-state index in [0.29, 0.717) is 31.8 Å². The van der Waals surface area contributed by atoms with Crippen molar-refractivity contribution in [2.24, 2.45) is 11.8 Å². The molecule has 1 aliphatic rings. The highest BCUT2D eigenvalue weighted by atomic mass is 16.7. The van der Waals surface area contributed by atoms with Crippen molar-refractivity contribution in [1.29, 1.82) is 0 Å². The smallest absolute Gasteiger partial charge is 0.330 e. The molecule has 1 aliphatic heterocycles. The molecule has 0 radical (unpaired) electrons. The molecule has 0 saturated carbocycles. The summed E-state index contributed by atoms with van der Waals surface area (Å²) >= 11 is 0. The van der Waals surface area contributed by atoms with Gasteiger partial charge in [-0.3, -0.25) is 0 Å². The zero-order valence-electron chi connectivity index (χ0n) is 10.9. The van der Waals surface area contributed by atoms with Crippen LogP contribution in [0.2, 0.25) is 0 Å². The third kappa shape index (κ3) is 4.88. The van der Waals surface area contributed by atoms with E-state index in [0.717, 1.165) is 6.42 Å². The number of ether oxygens (including phenoxy) is 3. The monoisotopic (exact) mass is 242 g/mol. The maximum absolute atomic E-state index is 11.2. The van der Waals surface area contributed by atoms with Gasteiger partial charge in [-0.2, -0.15) is 0 Å². The van der Waals surface area contributed by atoms with E-state index in [1.54, 1.807) is 0 Å². The summed E-state index contributed by atoms with van der Waals surface area (Å²) in [6.07, 6.45) is 1.98. The van der Waals surface area contributed by atoms with Crippen molar-refractivity contribution in [3.05, 3.63) is 12.7 Å². The molecule has 0 aromatic rings. The van der Waals surface area contributed by atoms with Crippen molar-refractivity contribution in [1.82, 2.24) is 0 Å². The number of esters is 1. The van der Waals surface area contributed by atoms with E-state index in [-0.39, 0.29) is 5.97 Å². The molecule has 0 aromatic heterocycles. The van der Waals surface area contributed by atoms with Gasteiger partial charge in [-0.25, -0.2) is 4.79 Å². The Balaban J connectivity index is 2.44. The first-order chi connectivity index (χ1) is 7.94. The van der Waals surface area contributed by atoms with Crippen LogP contribution in [0.3, 0.4) is 0 Å². The van der Waals surface area contributed by atoms with E-state index in [4.69, 9.17) is 14.2 Å². The first-order valence-electron chi connectivity index (χ1n) is 5.95. The van der Waals surface area contributed by atoms with Gasteiger partial charge in [0.2, 0.25) is 0 Å². The SMILES string of the molecule is C=CC(=O)OC(C)(C)CC(C)C1COCOC1. The van der Waals surface area contributed by atoms with Crippen LogP contribution in [0.25, 0.3) is 0 Å². The van der Waals surface area contributed by atoms with Crippen molar-refractivity contribution in [2.75, 3.05) is 20.0 Å². The highest BCUT2D eigenvalue weighted by Gasteiger charge is 2.30. The lowest BCUT2D eigenvalue weighted by molar-refractivity contribution is -0.157. The van der Waals surface area contributed by atoms with Gasteiger partial charge in [0.1, 0.15) is 12.4 Å². The Hall–Kier alpha value is -0.870. The number of hydrogen-bond donors (Lipinski definition) is 0. The largest absolute Gasteiger partial charge is 0.457 e. The van der Waals surface area contributed by atoms with Crippen LogP contribution in [0.15, 0.2) is 12.7 Å². The van der Waals surface area contributed by atoms with E-state index >= 15 is 0 Å². The van der Waals surface area contributed by atoms with Crippen molar-refractivity contribution < 1.29 is 19.0 Å². The van der Waals surface area contributed by atoms with Gasteiger partial charge in [0.05, 0.1) is 13.2 Å². The summed E-state index contributed by atoms with van der Waals surface area (Å²) in [6.45, 7) is 11.2. The minimum Gasteiger partial charge on any atom is -0.457 e. The lowest BCUT2D eigenvalue weighted by Gasteiger charge is -2.33. The minimum atomic E-state index is -0.484. The van der Waals surface area contributed by atoms with Crippen LogP contribution in [-0.4, -0.2) is 31.6 Å². The normalized spacial score (nSPS) is 19.7. The zero-order valence-corrected chi connectivity index (χ0v) is 10.9. The van der Waals surface area contributed by atoms with Crippen LogP contribution < -0.4 is 0 Å². The molecule has 1 atom stereocenters. The maximum Gasteiger partial charge on any atom is 0.330 e. The van der Waals surface area contributed by atoms with Crippen LogP contribution in [0.5, 0.6) is 0 Å². The highest BCUT2D eigenvalue weighted by molar-refractivity contribution is 5.81. The first kappa shape index (κ1) is 14.2. The van der Waals surface area contributed by atoms with Crippen LogP contribution in [0.4, 0.5) is 0 Å². The fourth-order valence-corrected chi connectivity index (χ4v) is 2.13. The Morgan fingerprint density at radius 1 is 1.53 bits per heavy atom. The number of carbonyl (C=O) groups excluding carboxylic acids is 1. The maximum atomic E-state index is 11.2. The topological polar surface area (TPSA) is 44.8 Å². The Labute approximate surface area is 103 Å². The van der Waals surface area contributed by atoms with Gasteiger partial charge in [0.15, 0.2) is 0 Å². The molecule has 1 unspecified atom stereocenters. The molecule has 4 nitrogen and oxygen atoms in total. The second-order valence-electron chi connectivity index (χ2n) is 5.19. The van der Waals surface area contributed by atoms with Crippen LogP contribution in [0, 0.1) is 11.8 Å². The van der Waals surface area contributed by atoms with Gasteiger partial charge in [0, 0.05) is 12.0 Å². The van der Waals surface area contributed by atoms with Crippen LogP contribution >= 0.6 is 0 Å².